The first-order chi connectivity index (χ1) is 9.34. The molecule has 0 aromatic heterocycles. The molecule has 0 radical (unpaired) electrons. The third-order valence-electron chi connectivity index (χ3n) is 3.22. The van der Waals surface area contributed by atoms with Crippen LogP contribution in [0.3, 0.4) is 0 Å². The molecule has 1 aliphatic heterocycles. The van der Waals surface area contributed by atoms with E-state index in [1.54, 1.807) is 24.1 Å². The molecule has 0 fully saturated rings. The number of nitrogens with zero attached hydrogens (tertiary/aromatic N) is 1. The Morgan fingerprint density at radius 1 is 1.35 bits per heavy atom. The molecular formula is C13H19N3O3S. The van der Waals surface area contributed by atoms with Crippen molar-refractivity contribution in [2.24, 2.45) is 0 Å². The largest absolute Gasteiger partial charge is 0.315 e. The van der Waals surface area contributed by atoms with Gasteiger partial charge in [-0.3, -0.25) is 9.52 Å². The number of amides is 1. The standard InChI is InChI=1S/C13H19N3O3S/c1-4-5-14-20(18,19)15-11-6-9(2)13-10(7-11)8-12(17)16(13)3/h6-7,14-15H,4-5,8H2,1-3H3. The molecule has 0 aliphatic carbocycles. The number of anilines is 2. The van der Waals surface area contributed by atoms with Crippen molar-refractivity contribution in [3.8, 4) is 0 Å². The van der Waals surface area contributed by atoms with E-state index in [-0.39, 0.29) is 5.91 Å². The molecule has 0 saturated heterocycles. The van der Waals surface area contributed by atoms with Gasteiger partial charge in [0.25, 0.3) is 10.2 Å². The fourth-order valence-corrected chi connectivity index (χ4v) is 3.33. The highest BCUT2D eigenvalue weighted by Crippen LogP contribution is 2.34. The van der Waals surface area contributed by atoms with Crippen LogP contribution in [0, 0.1) is 6.92 Å². The lowest BCUT2D eigenvalue weighted by molar-refractivity contribution is -0.117. The number of aryl methyl sites for hydroxylation is 1. The molecule has 2 N–H and O–H groups in total. The van der Waals surface area contributed by atoms with Gasteiger partial charge in [-0.05, 0) is 36.6 Å². The van der Waals surface area contributed by atoms with Crippen molar-refractivity contribution in [3.63, 3.8) is 0 Å². The molecule has 0 bridgehead atoms. The average molecular weight is 297 g/mol. The molecule has 7 heteroatoms. The maximum absolute atomic E-state index is 11.8. The fourth-order valence-electron chi connectivity index (χ4n) is 2.36. The number of carbonyl (C=O) groups excluding carboxylic acids is 1. The first-order valence-electron chi connectivity index (χ1n) is 6.51. The maximum atomic E-state index is 11.8. The second kappa shape index (κ2) is 5.41. The van der Waals surface area contributed by atoms with Gasteiger partial charge >= 0.3 is 0 Å². The van der Waals surface area contributed by atoms with E-state index in [1.807, 2.05) is 13.8 Å². The number of hydrogen-bond acceptors (Lipinski definition) is 3. The monoisotopic (exact) mass is 297 g/mol. The number of carbonyl (C=O) groups is 1. The van der Waals surface area contributed by atoms with E-state index >= 15 is 0 Å². The highest BCUT2D eigenvalue weighted by Gasteiger charge is 2.26. The summed E-state index contributed by atoms with van der Waals surface area (Å²) >= 11 is 0. The SMILES string of the molecule is CCCNS(=O)(=O)Nc1cc(C)c2c(c1)CC(=O)N2C. The molecular weight excluding hydrogens is 278 g/mol. The number of hydrogen-bond donors (Lipinski definition) is 2. The van der Waals surface area contributed by atoms with Gasteiger partial charge in [0.1, 0.15) is 0 Å². The lowest BCUT2D eigenvalue weighted by atomic mass is 10.1. The van der Waals surface area contributed by atoms with E-state index < -0.39 is 10.2 Å². The molecule has 20 heavy (non-hydrogen) atoms. The topological polar surface area (TPSA) is 78.5 Å². The zero-order valence-corrected chi connectivity index (χ0v) is 12.7. The van der Waals surface area contributed by atoms with Gasteiger partial charge in [0.2, 0.25) is 5.91 Å². The lowest BCUT2D eigenvalue weighted by Crippen LogP contribution is -2.30. The van der Waals surface area contributed by atoms with Gasteiger partial charge in [0, 0.05) is 13.6 Å². The number of fused-ring (bicyclic) bond motifs is 1. The van der Waals surface area contributed by atoms with Crippen LogP contribution >= 0.6 is 0 Å². The van der Waals surface area contributed by atoms with Crippen molar-refractivity contribution in [3.05, 3.63) is 23.3 Å². The van der Waals surface area contributed by atoms with E-state index in [0.717, 1.165) is 23.2 Å². The van der Waals surface area contributed by atoms with Crippen molar-refractivity contribution < 1.29 is 13.2 Å². The van der Waals surface area contributed by atoms with Crippen LogP contribution < -0.4 is 14.3 Å². The highest BCUT2D eigenvalue weighted by molar-refractivity contribution is 7.90. The summed E-state index contributed by atoms with van der Waals surface area (Å²) in [7, 11) is -1.83. The third kappa shape index (κ3) is 2.94. The van der Waals surface area contributed by atoms with Gasteiger partial charge in [-0.25, -0.2) is 0 Å². The quantitative estimate of drug-likeness (QED) is 0.856. The Morgan fingerprint density at radius 2 is 2.05 bits per heavy atom. The molecule has 0 saturated carbocycles. The van der Waals surface area contributed by atoms with Gasteiger partial charge in [0.15, 0.2) is 0 Å². The first-order valence-corrected chi connectivity index (χ1v) is 8.00. The van der Waals surface area contributed by atoms with E-state index in [0.29, 0.717) is 18.7 Å². The van der Waals surface area contributed by atoms with E-state index in [4.69, 9.17) is 0 Å². The highest BCUT2D eigenvalue weighted by atomic mass is 32.2. The number of likely N-dealkylation sites (N-methyl/N-ethyl adjacent to an activating group) is 1. The lowest BCUT2D eigenvalue weighted by Gasteiger charge is -2.15. The zero-order valence-electron chi connectivity index (χ0n) is 11.9. The van der Waals surface area contributed by atoms with Crippen molar-refractivity contribution in [2.45, 2.75) is 26.7 Å². The molecule has 6 nitrogen and oxygen atoms in total. The van der Waals surface area contributed by atoms with Crippen molar-refractivity contribution in [2.75, 3.05) is 23.2 Å². The summed E-state index contributed by atoms with van der Waals surface area (Å²) in [6.45, 7) is 4.15. The minimum atomic E-state index is -3.56. The Kier molecular flexibility index (Phi) is 4.01. The first kappa shape index (κ1) is 14.8. The summed E-state index contributed by atoms with van der Waals surface area (Å²) in [4.78, 5) is 13.3. The number of benzene rings is 1. The summed E-state index contributed by atoms with van der Waals surface area (Å²) in [6, 6.07) is 3.45. The minimum absolute atomic E-state index is 0.0206. The molecule has 1 amide bonds. The van der Waals surface area contributed by atoms with Gasteiger partial charge in [-0.1, -0.05) is 6.92 Å². The fraction of sp³-hybridized carbons (Fsp3) is 0.462. The van der Waals surface area contributed by atoms with Crippen molar-refractivity contribution in [1.29, 1.82) is 0 Å². The van der Waals surface area contributed by atoms with Crippen LogP contribution in [0.4, 0.5) is 11.4 Å². The van der Waals surface area contributed by atoms with Gasteiger partial charge < -0.3 is 4.90 Å². The molecule has 0 unspecified atom stereocenters. The van der Waals surface area contributed by atoms with Crippen LogP contribution in [0.15, 0.2) is 12.1 Å². The molecule has 2 rings (SSSR count). The minimum Gasteiger partial charge on any atom is -0.315 e. The molecule has 110 valence electrons. The van der Waals surface area contributed by atoms with Gasteiger partial charge in [-0.15, -0.1) is 0 Å². The summed E-state index contributed by atoms with van der Waals surface area (Å²) in [5.41, 5.74) is 3.09. The van der Waals surface area contributed by atoms with Crippen LogP contribution in [-0.4, -0.2) is 27.9 Å². The Bertz CT molecular complexity index is 641. The summed E-state index contributed by atoms with van der Waals surface area (Å²) in [6.07, 6.45) is 1.04. The van der Waals surface area contributed by atoms with E-state index in [2.05, 4.69) is 9.44 Å². The Morgan fingerprint density at radius 3 is 2.70 bits per heavy atom. The average Bonchev–Trinajstić information content (AvgIpc) is 2.62. The number of rotatable bonds is 5. The third-order valence-corrected chi connectivity index (χ3v) is 4.31. The Labute approximate surface area is 119 Å². The second-order valence-electron chi connectivity index (χ2n) is 4.93. The molecule has 1 heterocycles. The van der Waals surface area contributed by atoms with E-state index in [1.165, 1.54) is 0 Å². The van der Waals surface area contributed by atoms with Crippen LogP contribution in [0.5, 0.6) is 0 Å². The maximum Gasteiger partial charge on any atom is 0.299 e. The molecule has 1 aromatic rings. The van der Waals surface area contributed by atoms with Crippen LogP contribution in [0.2, 0.25) is 0 Å². The molecule has 0 spiro atoms. The zero-order chi connectivity index (χ0) is 14.9. The smallest absolute Gasteiger partial charge is 0.299 e. The Balaban J connectivity index is 2.27. The summed E-state index contributed by atoms with van der Waals surface area (Å²) in [5, 5.41) is 0. The van der Waals surface area contributed by atoms with Crippen LogP contribution in [0.1, 0.15) is 24.5 Å². The molecule has 0 atom stereocenters. The predicted octanol–water partition coefficient (Wildman–Crippen LogP) is 1.17. The molecule has 1 aromatic carbocycles. The Hall–Kier alpha value is -1.60. The normalized spacial score (nSPS) is 14.6. The van der Waals surface area contributed by atoms with Crippen LogP contribution in [-0.2, 0) is 21.4 Å². The summed E-state index contributed by atoms with van der Waals surface area (Å²) in [5.74, 6) is 0.0206. The van der Waals surface area contributed by atoms with Gasteiger partial charge in [0.05, 0.1) is 17.8 Å². The second-order valence-corrected chi connectivity index (χ2v) is 6.43. The molecule has 1 aliphatic rings. The predicted molar refractivity (Wildman–Crippen MR) is 79.1 cm³/mol. The van der Waals surface area contributed by atoms with Crippen molar-refractivity contribution >= 4 is 27.5 Å². The van der Waals surface area contributed by atoms with Crippen LogP contribution in [0.25, 0.3) is 0 Å². The number of nitrogens with one attached hydrogen (secondary N) is 2. The van der Waals surface area contributed by atoms with E-state index in [9.17, 15) is 13.2 Å². The van der Waals surface area contributed by atoms with Gasteiger partial charge in [-0.2, -0.15) is 13.1 Å². The summed E-state index contributed by atoms with van der Waals surface area (Å²) < 4.78 is 28.5. The van der Waals surface area contributed by atoms with Crippen molar-refractivity contribution in [1.82, 2.24) is 4.72 Å².